The molecule has 26 heavy (non-hydrogen) atoms. The van der Waals surface area contributed by atoms with Crippen LogP contribution in [0.3, 0.4) is 0 Å². The third kappa shape index (κ3) is 3.81. The maximum absolute atomic E-state index is 13.2. The molecule has 1 heterocycles. The summed E-state index contributed by atoms with van der Waals surface area (Å²) in [5.41, 5.74) is -1.02. The molecule has 1 aliphatic heterocycles. The fourth-order valence-electron chi connectivity index (χ4n) is 4.12. The van der Waals surface area contributed by atoms with E-state index in [9.17, 15) is 19.5 Å². The van der Waals surface area contributed by atoms with Crippen LogP contribution in [0.4, 0.5) is 4.79 Å². The van der Waals surface area contributed by atoms with Gasteiger partial charge in [-0.05, 0) is 37.5 Å². The Morgan fingerprint density at radius 1 is 1.12 bits per heavy atom. The molecule has 1 saturated carbocycles. The Labute approximate surface area is 155 Å². The second-order valence-electron chi connectivity index (χ2n) is 10.4. The summed E-state index contributed by atoms with van der Waals surface area (Å²) >= 11 is 0. The number of piperidine rings is 1. The second kappa shape index (κ2) is 6.13. The number of carbonyl (C=O) groups is 3. The molecule has 2 rings (SSSR count). The van der Waals surface area contributed by atoms with Crippen molar-refractivity contribution < 1.29 is 19.5 Å². The van der Waals surface area contributed by atoms with Gasteiger partial charge >= 0.3 is 12.0 Å². The van der Waals surface area contributed by atoms with Gasteiger partial charge in [-0.3, -0.25) is 4.79 Å². The first kappa shape index (κ1) is 20.5. The monoisotopic (exact) mass is 367 g/mol. The van der Waals surface area contributed by atoms with Gasteiger partial charge < -0.3 is 20.6 Å². The lowest BCUT2D eigenvalue weighted by Gasteiger charge is -2.37. The maximum Gasteiger partial charge on any atom is 0.326 e. The van der Waals surface area contributed by atoms with Crippen molar-refractivity contribution in [2.75, 3.05) is 6.54 Å². The third-order valence-corrected chi connectivity index (χ3v) is 5.62. The number of hydrogen-bond donors (Lipinski definition) is 3. The molecule has 4 atom stereocenters. The Morgan fingerprint density at radius 2 is 1.65 bits per heavy atom. The number of nitrogens with one attached hydrogen (secondary N) is 2. The highest BCUT2D eigenvalue weighted by molar-refractivity contribution is 5.92. The summed E-state index contributed by atoms with van der Waals surface area (Å²) in [6.07, 6.45) is 0. The number of carboxylic acid groups (broad SMARTS) is 1. The zero-order valence-corrected chi connectivity index (χ0v) is 17.1. The molecule has 1 saturated heterocycles. The van der Waals surface area contributed by atoms with E-state index in [0.29, 0.717) is 6.54 Å². The van der Waals surface area contributed by atoms with Crippen LogP contribution in [0.1, 0.15) is 55.4 Å². The molecule has 2 fully saturated rings. The van der Waals surface area contributed by atoms with Gasteiger partial charge in [0.1, 0.15) is 12.1 Å². The molecule has 7 heteroatoms. The van der Waals surface area contributed by atoms with E-state index in [4.69, 9.17) is 0 Å². The van der Waals surface area contributed by atoms with Crippen LogP contribution < -0.4 is 10.6 Å². The number of nitrogens with zero attached hydrogens (tertiary/aromatic N) is 1. The number of likely N-dealkylation sites (tertiary alicyclic amines) is 1. The van der Waals surface area contributed by atoms with Gasteiger partial charge in [-0.2, -0.15) is 0 Å². The molecular formula is C19H33N3O4. The van der Waals surface area contributed by atoms with Crippen LogP contribution in [0.5, 0.6) is 0 Å². The van der Waals surface area contributed by atoms with Crippen LogP contribution in [0, 0.1) is 22.7 Å². The minimum atomic E-state index is -0.969. The number of carboxylic acids is 1. The zero-order chi connectivity index (χ0) is 20.2. The molecule has 3 amide bonds. The largest absolute Gasteiger partial charge is 0.480 e. The Kier molecular flexibility index (Phi) is 4.84. The molecule has 3 N–H and O–H groups in total. The molecule has 0 radical (unpaired) electrons. The molecular weight excluding hydrogens is 334 g/mol. The Morgan fingerprint density at radius 3 is 2.08 bits per heavy atom. The summed E-state index contributed by atoms with van der Waals surface area (Å²) in [6, 6.07) is -2.05. The molecule has 1 aliphatic carbocycles. The lowest BCUT2D eigenvalue weighted by atomic mass is 9.85. The lowest BCUT2D eigenvalue weighted by Crippen LogP contribution is -2.60. The first-order chi connectivity index (χ1) is 11.6. The van der Waals surface area contributed by atoms with E-state index in [-0.39, 0.29) is 23.2 Å². The quantitative estimate of drug-likeness (QED) is 0.711. The number of aliphatic carboxylic acids is 1. The van der Waals surface area contributed by atoms with Gasteiger partial charge in [-0.15, -0.1) is 0 Å². The highest BCUT2D eigenvalue weighted by Gasteiger charge is 2.70. The second-order valence-corrected chi connectivity index (χ2v) is 10.4. The van der Waals surface area contributed by atoms with E-state index >= 15 is 0 Å². The molecule has 2 aliphatic rings. The molecule has 0 aromatic carbocycles. The van der Waals surface area contributed by atoms with E-state index < -0.39 is 35.0 Å². The van der Waals surface area contributed by atoms with Crippen molar-refractivity contribution in [2.45, 2.75) is 73.0 Å². The fourth-order valence-corrected chi connectivity index (χ4v) is 4.12. The molecule has 148 valence electrons. The van der Waals surface area contributed by atoms with Crippen molar-refractivity contribution >= 4 is 17.9 Å². The van der Waals surface area contributed by atoms with E-state index in [1.807, 2.05) is 41.5 Å². The molecule has 0 aromatic heterocycles. The minimum Gasteiger partial charge on any atom is -0.480 e. The normalized spacial score (nSPS) is 28.2. The molecule has 0 spiro atoms. The average Bonchev–Trinajstić information content (AvgIpc) is 2.81. The van der Waals surface area contributed by atoms with Crippen LogP contribution in [0.2, 0.25) is 0 Å². The fraction of sp³-hybridized carbons (Fsp3) is 0.842. The summed E-state index contributed by atoms with van der Waals surface area (Å²) in [4.78, 5) is 38.8. The Balaban J connectivity index is 2.20. The SMILES string of the molecule is CC(C)(C)NC(=O)NC(C(=O)N1C[C@H]2[C@@H]([C@H]1C(=O)O)C2(C)C)C(C)(C)C. The topological polar surface area (TPSA) is 98.7 Å². The predicted octanol–water partition coefficient (Wildman–Crippen LogP) is 2.07. The van der Waals surface area contributed by atoms with Crippen LogP contribution in [0.15, 0.2) is 0 Å². The van der Waals surface area contributed by atoms with E-state index in [1.54, 1.807) is 0 Å². The number of carbonyl (C=O) groups excluding carboxylic acids is 2. The predicted molar refractivity (Wildman–Crippen MR) is 98.6 cm³/mol. The standard InChI is InChI=1S/C19H33N3O4/c1-17(2,3)13(20-16(26)21-18(4,5)6)14(23)22-9-10-11(19(10,7)8)12(22)15(24)25/h10-13H,9H2,1-8H3,(H,24,25)(H2,20,21,26)/t10-,11-,12-,13?/m0/s1. The molecule has 0 aromatic rings. The first-order valence-corrected chi connectivity index (χ1v) is 9.19. The van der Waals surface area contributed by atoms with Crippen molar-refractivity contribution in [3.05, 3.63) is 0 Å². The summed E-state index contributed by atoms with van der Waals surface area (Å²) in [5, 5.41) is 15.2. The number of amides is 3. The van der Waals surface area contributed by atoms with Crippen molar-refractivity contribution in [1.82, 2.24) is 15.5 Å². The van der Waals surface area contributed by atoms with Crippen molar-refractivity contribution in [3.8, 4) is 0 Å². The van der Waals surface area contributed by atoms with Gasteiger partial charge in [-0.25, -0.2) is 9.59 Å². The Bertz CT molecular complexity index is 615. The minimum absolute atomic E-state index is 0.0204. The smallest absolute Gasteiger partial charge is 0.326 e. The molecule has 0 bridgehead atoms. The maximum atomic E-state index is 13.2. The average molecular weight is 367 g/mol. The van der Waals surface area contributed by atoms with Gasteiger partial charge in [0.25, 0.3) is 0 Å². The Hall–Kier alpha value is -1.79. The first-order valence-electron chi connectivity index (χ1n) is 9.19. The zero-order valence-electron chi connectivity index (χ0n) is 17.1. The van der Waals surface area contributed by atoms with Gasteiger partial charge in [0, 0.05) is 18.0 Å². The number of hydrogen-bond acceptors (Lipinski definition) is 3. The van der Waals surface area contributed by atoms with E-state index in [2.05, 4.69) is 24.5 Å². The van der Waals surface area contributed by atoms with Gasteiger partial charge in [0.15, 0.2) is 0 Å². The van der Waals surface area contributed by atoms with Crippen molar-refractivity contribution in [1.29, 1.82) is 0 Å². The highest BCUT2D eigenvalue weighted by atomic mass is 16.4. The lowest BCUT2D eigenvalue weighted by molar-refractivity contribution is -0.152. The summed E-state index contributed by atoms with van der Waals surface area (Å²) in [7, 11) is 0. The van der Waals surface area contributed by atoms with E-state index in [0.717, 1.165) is 0 Å². The molecule has 7 nitrogen and oxygen atoms in total. The van der Waals surface area contributed by atoms with Crippen LogP contribution >= 0.6 is 0 Å². The third-order valence-electron chi connectivity index (χ3n) is 5.62. The van der Waals surface area contributed by atoms with Crippen LogP contribution in [-0.4, -0.2) is 52.1 Å². The summed E-state index contributed by atoms with van der Waals surface area (Å²) in [5.74, 6) is -1.11. The highest BCUT2D eigenvalue weighted by Crippen LogP contribution is 2.64. The van der Waals surface area contributed by atoms with Gasteiger partial charge in [0.05, 0.1) is 0 Å². The van der Waals surface area contributed by atoms with E-state index in [1.165, 1.54) is 4.90 Å². The summed E-state index contributed by atoms with van der Waals surface area (Å²) in [6.45, 7) is 15.7. The van der Waals surface area contributed by atoms with Crippen molar-refractivity contribution in [3.63, 3.8) is 0 Å². The molecule has 1 unspecified atom stereocenters. The van der Waals surface area contributed by atoms with Gasteiger partial charge in [-0.1, -0.05) is 34.6 Å². The number of rotatable bonds is 3. The number of fused-ring (bicyclic) bond motifs is 1. The van der Waals surface area contributed by atoms with Gasteiger partial charge in [0.2, 0.25) is 5.91 Å². The number of urea groups is 1. The van der Waals surface area contributed by atoms with Crippen LogP contribution in [0.25, 0.3) is 0 Å². The van der Waals surface area contributed by atoms with Crippen molar-refractivity contribution in [2.24, 2.45) is 22.7 Å². The van der Waals surface area contributed by atoms with Crippen LogP contribution in [-0.2, 0) is 9.59 Å². The summed E-state index contributed by atoms with van der Waals surface area (Å²) < 4.78 is 0.